The number of nitrogens with zero attached hydrogens (tertiary/aromatic N) is 1. The van der Waals surface area contributed by atoms with Crippen LogP contribution in [-0.2, 0) is 14.3 Å². The maximum absolute atomic E-state index is 12.8. The van der Waals surface area contributed by atoms with Crippen LogP contribution in [0.3, 0.4) is 0 Å². The molecule has 5 nitrogen and oxygen atoms in total. The van der Waals surface area contributed by atoms with Crippen molar-refractivity contribution < 1.29 is 14.3 Å². The van der Waals surface area contributed by atoms with Gasteiger partial charge in [0, 0.05) is 19.8 Å². The van der Waals surface area contributed by atoms with Gasteiger partial charge in [-0.05, 0) is 19.8 Å². The maximum Gasteiger partial charge on any atom is 0.236 e. The van der Waals surface area contributed by atoms with Crippen molar-refractivity contribution in [3.05, 3.63) is 0 Å². The lowest BCUT2D eigenvalue weighted by Gasteiger charge is -2.42. The normalized spacial score (nSPS) is 27.8. The number of hydrogen-bond acceptors (Lipinski definition) is 4. The number of amides is 1. The molecule has 2 saturated heterocycles. The Labute approximate surface area is 113 Å². The number of hydrogen-bond donors (Lipinski definition) is 1. The van der Waals surface area contributed by atoms with Crippen molar-refractivity contribution in [2.75, 3.05) is 33.0 Å². The Morgan fingerprint density at radius 2 is 2.00 bits per heavy atom. The van der Waals surface area contributed by atoms with Crippen molar-refractivity contribution >= 4 is 23.1 Å². The molecule has 2 aliphatic heterocycles. The Morgan fingerprint density at radius 3 is 2.56 bits per heavy atom. The van der Waals surface area contributed by atoms with Gasteiger partial charge >= 0.3 is 0 Å². The highest BCUT2D eigenvalue weighted by atomic mass is 32.1. The molecule has 18 heavy (non-hydrogen) atoms. The predicted molar refractivity (Wildman–Crippen MR) is 71.3 cm³/mol. The minimum Gasteiger partial charge on any atom is -0.392 e. The zero-order valence-corrected chi connectivity index (χ0v) is 11.5. The highest BCUT2D eigenvalue weighted by Gasteiger charge is 2.46. The lowest BCUT2D eigenvalue weighted by atomic mass is 9.78. The Hall–Kier alpha value is -0.720. The van der Waals surface area contributed by atoms with Gasteiger partial charge in [-0.15, -0.1) is 0 Å². The molecule has 1 atom stereocenters. The van der Waals surface area contributed by atoms with Crippen LogP contribution in [0, 0.1) is 5.41 Å². The fraction of sp³-hybridized carbons (Fsp3) is 0.833. The van der Waals surface area contributed by atoms with Gasteiger partial charge in [0.15, 0.2) is 0 Å². The predicted octanol–water partition coefficient (Wildman–Crippen LogP) is 0.317. The van der Waals surface area contributed by atoms with Crippen molar-refractivity contribution in [2.24, 2.45) is 11.1 Å². The van der Waals surface area contributed by atoms with Gasteiger partial charge in [0.2, 0.25) is 5.91 Å². The molecule has 102 valence electrons. The van der Waals surface area contributed by atoms with Gasteiger partial charge in [-0.25, -0.2) is 0 Å². The number of carbonyl (C=O) groups is 1. The quantitative estimate of drug-likeness (QED) is 0.733. The third-order valence-electron chi connectivity index (χ3n) is 3.86. The van der Waals surface area contributed by atoms with E-state index in [-0.39, 0.29) is 11.9 Å². The van der Waals surface area contributed by atoms with Crippen LogP contribution in [0.2, 0.25) is 0 Å². The molecule has 2 heterocycles. The molecule has 0 aliphatic carbocycles. The van der Waals surface area contributed by atoms with Crippen LogP contribution in [0.1, 0.15) is 19.8 Å². The summed E-state index contributed by atoms with van der Waals surface area (Å²) >= 11 is 5.16. The van der Waals surface area contributed by atoms with Crippen LogP contribution in [0.25, 0.3) is 0 Å². The first-order chi connectivity index (χ1) is 8.58. The van der Waals surface area contributed by atoms with Gasteiger partial charge in [-0.1, -0.05) is 12.2 Å². The molecule has 0 aromatic rings. The summed E-state index contributed by atoms with van der Waals surface area (Å²) in [6, 6.07) is 0.0836. The average molecular weight is 272 g/mol. The van der Waals surface area contributed by atoms with Crippen molar-refractivity contribution in [3.63, 3.8) is 0 Å². The summed E-state index contributed by atoms with van der Waals surface area (Å²) in [5, 5.41) is 0. The Kier molecular flexibility index (Phi) is 4.19. The molecule has 0 aromatic carbocycles. The molecule has 0 bridgehead atoms. The van der Waals surface area contributed by atoms with Crippen LogP contribution in [0.15, 0.2) is 0 Å². The molecule has 1 unspecified atom stereocenters. The van der Waals surface area contributed by atoms with Crippen molar-refractivity contribution in [2.45, 2.75) is 25.8 Å². The van der Waals surface area contributed by atoms with E-state index >= 15 is 0 Å². The van der Waals surface area contributed by atoms with Gasteiger partial charge < -0.3 is 20.1 Å². The Balaban J connectivity index is 2.19. The second kappa shape index (κ2) is 5.50. The summed E-state index contributed by atoms with van der Waals surface area (Å²) in [4.78, 5) is 14.9. The second-order valence-corrected chi connectivity index (χ2v) is 5.42. The minimum absolute atomic E-state index is 0.0501. The Bertz CT molecular complexity index is 342. The van der Waals surface area contributed by atoms with Crippen LogP contribution in [-0.4, -0.2) is 54.8 Å². The van der Waals surface area contributed by atoms with Crippen LogP contribution < -0.4 is 5.73 Å². The van der Waals surface area contributed by atoms with E-state index in [1.54, 1.807) is 0 Å². The summed E-state index contributed by atoms with van der Waals surface area (Å²) in [5.74, 6) is 0.0501. The molecular weight excluding hydrogens is 252 g/mol. The third kappa shape index (κ3) is 2.37. The van der Waals surface area contributed by atoms with Gasteiger partial charge in [0.25, 0.3) is 0 Å². The topological polar surface area (TPSA) is 64.8 Å². The molecule has 1 amide bonds. The number of rotatable bonds is 2. The lowest BCUT2D eigenvalue weighted by molar-refractivity contribution is -0.150. The van der Waals surface area contributed by atoms with Crippen molar-refractivity contribution in [3.8, 4) is 0 Å². The van der Waals surface area contributed by atoms with Gasteiger partial charge in [-0.2, -0.15) is 0 Å². The molecular formula is C12H20N2O3S. The van der Waals surface area contributed by atoms with E-state index in [0.717, 1.165) is 0 Å². The van der Waals surface area contributed by atoms with Crippen LogP contribution in [0.4, 0.5) is 0 Å². The minimum atomic E-state index is -0.709. The van der Waals surface area contributed by atoms with E-state index in [9.17, 15) is 4.79 Å². The summed E-state index contributed by atoms with van der Waals surface area (Å²) < 4.78 is 10.7. The molecule has 6 heteroatoms. The number of nitrogens with two attached hydrogens (primary N) is 1. The zero-order chi connectivity index (χ0) is 13.2. The van der Waals surface area contributed by atoms with E-state index in [2.05, 4.69) is 0 Å². The molecule has 2 N–H and O–H groups in total. The highest BCUT2D eigenvalue weighted by molar-refractivity contribution is 7.80. The van der Waals surface area contributed by atoms with Gasteiger partial charge in [0.05, 0.1) is 24.2 Å². The standard InChI is InChI=1S/C12H20N2O3S/c1-9-8-17-7-4-14(9)11(15)12(10(13)18)2-5-16-6-3-12/h9H,2-8H2,1H3,(H2,13,18). The average Bonchev–Trinajstić information content (AvgIpc) is 2.39. The smallest absolute Gasteiger partial charge is 0.236 e. The van der Waals surface area contributed by atoms with Crippen LogP contribution >= 0.6 is 12.2 Å². The number of carbonyl (C=O) groups excluding carboxylic acids is 1. The fourth-order valence-corrected chi connectivity index (χ4v) is 2.88. The summed E-state index contributed by atoms with van der Waals surface area (Å²) in [5.41, 5.74) is 5.14. The molecule has 2 fully saturated rings. The van der Waals surface area contributed by atoms with Crippen molar-refractivity contribution in [1.29, 1.82) is 0 Å². The molecule has 0 spiro atoms. The van der Waals surface area contributed by atoms with E-state index in [0.29, 0.717) is 50.8 Å². The lowest BCUT2D eigenvalue weighted by Crippen LogP contribution is -2.58. The van der Waals surface area contributed by atoms with E-state index < -0.39 is 5.41 Å². The molecule has 0 saturated carbocycles. The molecule has 2 aliphatic rings. The van der Waals surface area contributed by atoms with E-state index in [1.807, 2.05) is 11.8 Å². The molecule has 0 aromatic heterocycles. The van der Waals surface area contributed by atoms with Crippen LogP contribution in [0.5, 0.6) is 0 Å². The molecule has 0 radical (unpaired) electrons. The van der Waals surface area contributed by atoms with Gasteiger partial charge in [0.1, 0.15) is 5.41 Å². The summed E-state index contributed by atoms with van der Waals surface area (Å²) in [6.45, 7) is 4.86. The second-order valence-electron chi connectivity index (χ2n) is 4.98. The van der Waals surface area contributed by atoms with Gasteiger partial charge in [-0.3, -0.25) is 4.79 Å². The number of ether oxygens (including phenoxy) is 2. The number of morpholine rings is 1. The monoisotopic (exact) mass is 272 g/mol. The highest BCUT2D eigenvalue weighted by Crippen LogP contribution is 2.34. The molecule has 2 rings (SSSR count). The SMILES string of the molecule is CC1COCCN1C(=O)C1(C(N)=S)CCOCC1. The largest absolute Gasteiger partial charge is 0.392 e. The summed E-state index contributed by atoms with van der Waals surface area (Å²) in [7, 11) is 0. The number of thiocarbonyl (C=S) groups is 1. The zero-order valence-electron chi connectivity index (χ0n) is 10.7. The van der Waals surface area contributed by atoms with E-state index in [1.165, 1.54) is 0 Å². The third-order valence-corrected chi connectivity index (χ3v) is 4.25. The first-order valence-electron chi connectivity index (χ1n) is 6.34. The first-order valence-corrected chi connectivity index (χ1v) is 6.75. The fourth-order valence-electron chi connectivity index (χ4n) is 2.59. The van der Waals surface area contributed by atoms with Crippen molar-refractivity contribution in [1.82, 2.24) is 4.90 Å². The maximum atomic E-state index is 12.8. The summed E-state index contributed by atoms with van der Waals surface area (Å²) in [6.07, 6.45) is 1.18. The first kappa shape index (κ1) is 13.7. The Morgan fingerprint density at radius 1 is 1.33 bits per heavy atom. The van der Waals surface area contributed by atoms with E-state index in [4.69, 9.17) is 27.4 Å².